The predicted octanol–water partition coefficient (Wildman–Crippen LogP) is 2.16. The lowest BCUT2D eigenvalue weighted by molar-refractivity contribution is 0.0335. The van der Waals surface area contributed by atoms with E-state index in [9.17, 15) is 9.18 Å². The van der Waals surface area contributed by atoms with Crippen LogP contribution in [0.1, 0.15) is 23.0 Å². The molecule has 1 aromatic heterocycles. The van der Waals surface area contributed by atoms with Crippen LogP contribution >= 0.6 is 0 Å². The van der Waals surface area contributed by atoms with Gasteiger partial charge in [0.25, 0.3) is 11.9 Å². The molecule has 0 bridgehead atoms. The second-order valence-electron chi connectivity index (χ2n) is 8.10. The highest BCUT2D eigenvalue weighted by molar-refractivity contribution is 6.03. The third-order valence-corrected chi connectivity index (χ3v) is 6.13. The van der Waals surface area contributed by atoms with Gasteiger partial charge in [-0.15, -0.1) is 0 Å². The summed E-state index contributed by atoms with van der Waals surface area (Å²) in [6.45, 7) is 1.65. The number of alkyl halides is 1. The highest BCUT2D eigenvalue weighted by atomic mass is 19.1. The van der Waals surface area contributed by atoms with E-state index in [4.69, 9.17) is 24.7 Å². The summed E-state index contributed by atoms with van der Waals surface area (Å²) >= 11 is 0. The van der Waals surface area contributed by atoms with Gasteiger partial charge < -0.3 is 30.0 Å². The number of pyridine rings is 1. The number of ether oxygens (including phenoxy) is 4. The lowest BCUT2D eigenvalue weighted by Gasteiger charge is -2.40. The number of aliphatic imine (C=N–C) groups is 1. The molecule has 1 saturated heterocycles. The van der Waals surface area contributed by atoms with Crippen molar-refractivity contribution in [1.29, 1.82) is 0 Å². The molecule has 11 heteroatoms. The Labute approximate surface area is 187 Å². The minimum atomic E-state index is -1.64. The van der Waals surface area contributed by atoms with Gasteiger partial charge in [-0.2, -0.15) is 0 Å². The number of anilines is 1. The van der Waals surface area contributed by atoms with E-state index in [0.29, 0.717) is 24.7 Å². The summed E-state index contributed by atoms with van der Waals surface area (Å²) < 4.78 is 51.7. The van der Waals surface area contributed by atoms with E-state index in [2.05, 4.69) is 15.3 Å². The third-order valence-electron chi connectivity index (χ3n) is 6.13. The minimum Gasteiger partial charge on any atom is -0.486 e. The molecule has 0 spiro atoms. The smallest absolute Gasteiger partial charge is 0.283 e. The van der Waals surface area contributed by atoms with E-state index >= 15 is 4.39 Å². The van der Waals surface area contributed by atoms with Crippen LogP contribution in [0.15, 0.2) is 35.5 Å². The second-order valence-corrected chi connectivity index (χ2v) is 8.10. The highest BCUT2D eigenvalue weighted by Gasteiger charge is 2.55. The number of carbonyl (C=O) groups is 1. The summed E-state index contributed by atoms with van der Waals surface area (Å²) in [6, 6.07) is 5.10. The van der Waals surface area contributed by atoms with Crippen LogP contribution in [0.2, 0.25) is 0 Å². The molecule has 1 aromatic carbocycles. The summed E-state index contributed by atoms with van der Waals surface area (Å²) in [4.78, 5) is 21.0. The lowest BCUT2D eigenvalue weighted by atomic mass is 9.75. The minimum absolute atomic E-state index is 0.0446. The second kappa shape index (κ2) is 8.14. The number of aromatic nitrogens is 1. The number of fused-ring (bicyclic) bond motifs is 2. The van der Waals surface area contributed by atoms with Gasteiger partial charge in [-0.1, -0.05) is 0 Å². The normalized spacial score (nSPS) is 27.8. The number of hydrogen-bond donors (Lipinski definition) is 2. The molecule has 4 atom stereocenters. The Hall–Kier alpha value is -3.47. The molecule has 3 aliphatic rings. The molecule has 3 aliphatic heterocycles. The van der Waals surface area contributed by atoms with Crippen molar-refractivity contribution < 1.29 is 32.5 Å². The van der Waals surface area contributed by atoms with Crippen LogP contribution in [-0.4, -0.2) is 55.6 Å². The predicted molar refractivity (Wildman–Crippen MR) is 113 cm³/mol. The molecule has 174 valence electrons. The topological polar surface area (TPSA) is 117 Å². The van der Waals surface area contributed by atoms with E-state index in [0.717, 1.165) is 6.07 Å². The van der Waals surface area contributed by atoms with Gasteiger partial charge in [-0.25, -0.2) is 18.8 Å². The van der Waals surface area contributed by atoms with Crippen LogP contribution in [0.5, 0.6) is 11.5 Å². The van der Waals surface area contributed by atoms with Gasteiger partial charge in [0.15, 0.2) is 11.5 Å². The van der Waals surface area contributed by atoms with Crippen LogP contribution in [-0.2, 0) is 15.0 Å². The molecule has 0 unspecified atom stereocenters. The van der Waals surface area contributed by atoms with Gasteiger partial charge in [-0.05, 0) is 25.1 Å². The molecule has 9 nitrogen and oxygen atoms in total. The van der Waals surface area contributed by atoms with Gasteiger partial charge in [0.05, 0.1) is 24.8 Å². The van der Waals surface area contributed by atoms with Crippen molar-refractivity contribution in [3.8, 4) is 11.5 Å². The van der Waals surface area contributed by atoms with E-state index in [1.165, 1.54) is 24.4 Å². The third kappa shape index (κ3) is 3.62. The highest BCUT2D eigenvalue weighted by Crippen LogP contribution is 2.46. The first-order valence-corrected chi connectivity index (χ1v) is 10.5. The molecule has 3 N–H and O–H groups in total. The van der Waals surface area contributed by atoms with Crippen LogP contribution in [0.4, 0.5) is 14.5 Å². The Morgan fingerprint density at radius 1 is 1.27 bits per heavy atom. The van der Waals surface area contributed by atoms with Crippen LogP contribution in [0, 0.1) is 11.7 Å². The Morgan fingerprint density at radius 2 is 2.06 bits per heavy atom. The summed E-state index contributed by atoms with van der Waals surface area (Å²) in [7, 11) is 0. The number of halogens is 2. The van der Waals surface area contributed by atoms with Crippen molar-refractivity contribution >= 4 is 17.6 Å². The quantitative estimate of drug-likeness (QED) is 0.718. The van der Waals surface area contributed by atoms with Crippen molar-refractivity contribution in [3.63, 3.8) is 0 Å². The van der Waals surface area contributed by atoms with E-state index < -0.39 is 36.0 Å². The van der Waals surface area contributed by atoms with Crippen LogP contribution < -0.4 is 20.5 Å². The maximum atomic E-state index is 15.0. The summed E-state index contributed by atoms with van der Waals surface area (Å²) in [5.74, 6) is -0.968. The van der Waals surface area contributed by atoms with Crippen molar-refractivity contribution in [2.45, 2.75) is 24.7 Å². The van der Waals surface area contributed by atoms with Gasteiger partial charge in [0, 0.05) is 17.3 Å². The number of nitrogens with one attached hydrogen (secondary N) is 1. The molecular weight excluding hydrogens is 438 g/mol. The Balaban J connectivity index is 1.47. The number of amides is 1. The van der Waals surface area contributed by atoms with Crippen molar-refractivity contribution in [2.75, 3.05) is 31.8 Å². The van der Waals surface area contributed by atoms with Gasteiger partial charge in [0.2, 0.25) is 0 Å². The molecule has 2 aromatic rings. The number of benzene rings is 1. The maximum absolute atomic E-state index is 15.0. The molecule has 4 heterocycles. The summed E-state index contributed by atoms with van der Waals surface area (Å²) in [5, 5.41) is 2.66. The molecule has 1 fully saturated rings. The van der Waals surface area contributed by atoms with Crippen molar-refractivity contribution in [2.24, 2.45) is 16.6 Å². The number of amidine groups is 1. The average molecular weight is 460 g/mol. The maximum Gasteiger partial charge on any atom is 0.283 e. The standard InChI is InChI=1S/C22H22F2N4O5/c1-11-19-14(9-32-11)22(10-23,28-21(25)33-19)13-6-12(2-3-15(13)24)27-20(29)16-7-17-18(8-26-16)31-5-4-30-17/h2-3,6-8,11,14,19H,4-5,9-10H2,1H3,(H2,25,28)(H,27,29)/t11-,14+,19-,22-/m1/s1. The number of rotatable bonds is 4. The molecule has 33 heavy (non-hydrogen) atoms. The molecule has 1 amide bonds. The summed E-state index contributed by atoms with van der Waals surface area (Å²) in [6.07, 6.45) is 0.471. The number of hydrogen-bond acceptors (Lipinski definition) is 8. The largest absolute Gasteiger partial charge is 0.486 e. The zero-order chi connectivity index (χ0) is 23.2. The fourth-order valence-corrected chi connectivity index (χ4v) is 4.47. The van der Waals surface area contributed by atoms with Gasteiger partial charge >= 0.3 is 0 Å². The fourth-order valence-electron chi connectivity index (χ4n) is 4.47. The number of nitrogens with zero attached hydrogens (tertiary/aromatic N) is 2. The van der Waals surface area contributed by atoms with Crippen molar-refractivity contribution in [3.05, 3.63) is 47.5 Å². The molecular formula is C22H22F2N4O5. The van der Waals surface area contributed by atoms with Gasteiger partial charge in [0.1, 0.15) is 43.0 Å². The first-order valence-electron chi connectivity index (χ1n) is 10.5. The molecule has 5 rings (SSSR count). The van der Waals surface area contributed by atoms with Crippen LogP contribution in [0.25, 0.3) is 0 Å². The molecule has 0 saturated carbocycles. The first kappa shape index (κ1) is 21.4. The van der Waals surface area contributed by atoms with Gasteiger partial charge in [-0.3, -0.25) is 4.79 Å². The first-order chi connectivity index (χ1) is 15.9. The van der Waals surface area contributed by atoms with Crippen LogP contribution in [0.3, 0.4) is 0 Å². The monoisotopic (exact) mass is 460 g/mol. The SMILES string of the molecule is C[C@H]1OC[C@H]2[C@@H]1OC(N)=N[C@]2(CF)c1cc(NC(=O)c2cc3c(cn2)OCCO3)ccc1F. The molecule has 0 aliphatic carbocycles. The Morgan fingerprint density at radius 3 is 2.85 bits per heavy atom. The zero-order valence-corrected chi connectivity index (χ0v) is 17.7. The van der Waals surface area contributed by atoms with E-state index in [1.54, 1.807) is 6.92 Å². The molecule has 0 radical (unpaired) electrons. The number of nitrogens with two attached hydrogens (primary N) is 1. The zero-order valence-electron chi connectivity index (χ0n) is 17.7. The van der Waals surface area contributed by atoms with Crippen molar-refractivity contribution in [1.82, 2.24) is 4.98 Å². The Kier molecular flexibility index (Phi) is 5.28. The number of carbonyl (C=O) groups excluding carboxylic acids is 1. The Bertz CT molecular complexity index is 1130. The fraction of sp³-hybridized carbons (Fsp3) is 0.409. The summed E-state index contributed by atoms with van der Waals surface area (Å²) in [5.41, 5.74) is 4.46. The van der Waals surface area contributed by atoms with E-state index in [-0.39, 0.29) is 35.7 Å². The van der Waals surface area contributed by atoms with E-state index in [1.807, 2.05) is 0 Å². The lowest BCUT2D eigenvalue weighted by Crippen LogP contribution is -2.51. The average Bonchev–Trinajstić information content (AvgIpc) is 3.20.